The van der Waals surface area contributed by atoms with Crippen molar-refractivity contribution in [2.45, 2.75) is 18.2 Å². The predicted molar refractivity (Wildman–Crippen MR) is 99.0 cm³/mol. The van der Waals surface area contributed by atoms with E-state index in [0.29, 0.717) is 40.0 Å². The first-order chi connectivity index (χ1) is 11.9. The fourth-order valence-electron chi connectivity index (χ4n) is 3.36. The fourth-order valence-corrected chi connectivity index (χ4v) is 5.30. The first-order valence-electron chi connectivity index (χ1n) is 7.82. The maximum Gasteiger partial charge on any atom is 0.264 e. The number of aromatic nitrogens is 1. The number of sulfonamides is 1. The molecule has 0 aliphatic carbocycles. The first-order valence-corrected chi connectivity index (χ1v) is 9.63. The highest BCUT2D eigenvalue weighted by Gasteiger charge is 2.32. The van der Waals surface area contributed by atoms with Gasteiger partial charge in [-0.3, -0.25) is 9.10 Å². The van der Waals surface area contributed by atoms with Crippen LogP contribution in [0.2, 0.25) is 5.02 Å². The molecule has 0 bridgehead atoms. The summed E-state index contributed by atoms with van der Waals surface area (Å²) in [4.78, 5) is 14.9. The second-order valence-electron chi connectivity index (χ2n) is 6.08. The summed E-state index contributed by atoms with van der Waals surface area (Å²) in [5.41, 5.74) is 1.96. The molecule has 0 radical (unpaired) electrons. The molecule has 5 nitrogen and oxygen atoms in total. The van der Waals surface area contributed by atoms with Crippen molar-refractivity contribution in [3.63, 3.8) is 0 Å². The fraction of sp³-hybridized carbons (Fsp3) is 0.167. The molecule has 0 atom stereocenters. The highest BCUT2D eigenvalue weighted by molar-refractivity contribution is 7.93. The maximum atomic E-state index is 13.4. The minimum Gasteiger partial charge on any atom is -0.328 e. The number of hydrogen-bond donors (Lipinski definition) is 1. The summed E-state index contributed by atoms with van der Waals surface area (Å²) in [6.45, 7) is 2.14. The summed E-state index contributed by atoms with van der Waals surface area (Å²) in [5, 5.41) is 1.32. The SMILES string of the molecule is Cc1c[nH]c(=O)c2cccc(S(=O)(=O)N3CCc4ccc(Cl)cc43)c12. The number of H-pyrrole nitrogens is 1. The molecule has 0 saturated heterocycles. The molecule has 25 heavy (non-hydrogen) atoms. The Kier molecular flexibility index (Phi) is 3.63. The van der Waals surface area contributed by atoms with Gasteiger partial charge in [-0.1, -0.05) is 23.7 Å². The molecule has 7 heteroatoms. The summed E-state index contributed by atoms with van der Waals surface area (Å²) in [5.74, 6) is 0. The maximum absolute atomic E-state index is 13.4. The van der Waals surface area contributed by atoms with Gasteiger partial charge in [-0.05, 0) is 48.7 Å². The molecule has 0 amide bonds. The van der Waals surface area contributed by atoms with Crippen LogP contribution in [0.3, 0.4) is 0 Å². The number of fused-ring (bicyclic) bond motifs is 2. The third kappa shape index (κ3) is 2.44. The number of pyridine rings is 1. The first kappa shape index (κ1) is 16.2. The molecule has 0 fully saturated rings. The van der Waals surface area contributed by atoms with Crippen LogP contribution in [-0.4, -0.2) is 19.9 Å². The standard InChI is InChI=1S/C18H15ClN2O3S/c1-11-10-20-18(22)14-3-2-4-16(17(11)14)25(23,24)21-8-7-12-5-6-13(19)9-15(12)21/h2-6,9-10H,7-8H2,1H3,(H,20,22). The van der Waals surface area contributed by atoms with Crippen LogP contribution in [0.4, 0.5) is 5.69 Å². The topological polar surface area (TPSA) is 70.2 Å². The Morgan fingerprint density at radius 1 is 1.20 bits per heavy atom. The Bertz CT molecular complexity index is 1170. The third-order valence-electron chi connectivity index (χ3n) is 4.55. The van der Waals surface area contributed by atoms with Crippen molar-refractivity contribution < 1.29 is 8.42 Å². The average molecular weight is 375 g/mol. The van der Waals surface area contributed by atoms with Crippen molar-refractivity contribution in [1.82, 2.24) is 4.98 Å². The lowest BCUT2D eigenvalue weighted by molar-refractivity contribution is 0.593. The normalized spacial score (nSPS) is 14.1. The second kappa shape index (κ2) is 5.61. The van der Waals surface area contributed by atoms with Gasteiger partial charge in [-0.15, -0.1) is 0 Å². The highest BCUT2D eigenvalue weighted by atomic mass is 35.5. The van der Waals surface area contributed by atoms with E-state index in [0.717, 1.165) is 5.56 Å². The molecule has 2 aromatic carbocycles. The molecule has 2 heterocycles. The van der Waals surface area contributed by atoms with Gasteiger partial charge in [0.15, 0.2) is 0 Å². The zero-order chi connectivity index (χ0) is 17.8. The summed E-state index contributed by atoms with van der Waals surface area (Å²) in [6.07, 6.45) is 2.18. The van der Waals surface area contributed by atoms with Crippen LogP contribution in [0.25, 0.3) is 10.8 Å². The highest BCUT2D eigenvalue weighted by Crippen LogP contribution is 2.36. The van der Waals surface area contributed by atoms with Gasteiger partial charge in [0.1, 0.15) is 0 Å². The number of rotatable bonds is 2. The van der Waals surface area contributed by atoms with Gasteiger partial charge in [0, 0.05) is 28.5 Å². The zero-order valence-corrected chi connectivity index (χ0v) is 15.0. The molecule has 1 aliphatic heterocycles. The van der Waals surface area contributed by atoms with Crippen molar-refractivity contribution in [3.8, 4) is 0 Å². The van der Waals surface area contributed by atoms with Gasteiger partial charge in [0.25, 0.3) is 15.6 Å². The number of aryl methyl sites for hydroxylation is 1. The summed E-state index contributed by atoms with van der Waals surface area (Å²) >= 11 is 6.06. The van der Waals surface area contributed by atoms with E-state index < -0.39 is 10.0 Å². The van der Waals surface area contributed by atoms with Gasteiger partial charge >= 0.3 is 0 Å². The van der Waals surface area contributed by atoms with Gasteiger partial charge < -0.3 is 4.98 Å². The molecule has 3 aromatic rings. The number of anilines is 1. The number of halogens is 1. The predicted octanol–water partition coefficient (Wildman–Crippen LogP) is 3.24. The monoisotopic (exact) mass is 374 g/mol. The van der Waals surface area contributed by atoms with Gasteiger partial charge in [0.05, 0.1) is 10.6 Å². The van der Waals surface area contributed by atoms with Crippen molar-refractivity contribution in [2.75, 3.05) is 10.8 Å². The van der Waals surface area contributed by atoms with Gasteiger partial charge in [0.2, 0.25) is 0 Å². The van der Waals surface area contributed by atoms with Crippen LogP contribution in [0.5, 0.6) is 0 Å². The molecule has 1 aliphatic rings. The summed E-state index contributed by atoms with van der Waals surface area (Å²) in [6, 6.07) is 10.1. The lowest BCUT2D eigenvalue weighted by atomic mass is 10.1. The molecular weight excluding hydrogens is 360 g/mol. The van der Waals surface area contributed by atoms with Crippen molar-refractivity contribution in [1.29, 1.82) is 0 Å². The molecule has 1 aromatic heterocycles. The van der Waals surface area contributed by atoms with Crippen molar-refractivity contribution in [2.24, 2.45) is 0 Å². The lowest BCUT2D eigenvalue weighted by Crippen LogP contribution is -2.29. The number of nitrogens with zero attached hydrogens (tertiary/aromatic N) is 1. The molecule has 0 saturated carbocycles. The minimum atomic E-state index is -3.81. The number of hydrogen-bond acceptors (Lipinski definition) is 3. The lowest BCUT2D eigenvalue weighted by Gasteiger charge is -2.21. The van der Waals surface area contributed by atoms with Crippen LogP contribution >= 0.6 is 11.6 Å². The van der Waals surface area contributed by atoms with E-state index >= 15 is 0 Å². The van der Waals surface area contributed by atoms with Crippen LogP contribution in [0.15, 0.2) is 52.3 Å². The number of benzene rings is 2. The van der Waals surface area contributed by atoms with E-state index in [-0.39, 0.29) is 10.5 Å². The van der Waals surface area contributed by atoms with Crippen LogP contribution < -0.4 is 9.86 Å². The molecular formula is C18H15ClN2O3S. The van der Waals surface area contributed by atoms with Crippen molar-refractivity contribution in [3.05, 3.63) is 69.1 Å². The Morgan fingerprint density at radius 3 is 2.80 bits per heavy atom. The minimum absolute atomic E-state index is 0.140. The molecule has 128 valence electrons. The molecule has 0 spiro atoms. The van der Waals surface area contributed by atoms with E-state index in [1.807, 2.05) is 6.07 Å². The summed E-state index contributed by atoms with van der Waals surface area (Å²) in [7, 11) is -3.81. The number of nitrogens with one attached hydrogen (secondary N) is 1. The van der Waals surface area contributed by atoms with Crippen LogP contribution in [0, 0.1) is 6.92 Å². The average Bonchev–Trinajstić information content (AvgIpc) is 3.01. The van der Waals surface area contributed by atoms with Crippen molar-refractivity contribution >= 4 is 38.1 Å². The second-order valence-corrected chi connectivity index (χ2v) is 8.35. The van der Waals surface area contributed by atoms with E-state index in [9.17, 15) is 13.2 Å². The Labute approximate surface area is 149 Å². The Hall–Kier alpha value is -2.31. The smallest absolute Gasteiger partial charge is 0.264 e. The van der Waals surface area contributed by atoms with Gasteiger partial charge in [-0.25, -0.2) is 8.42 Å². The Balaban J connectivity index is 1.98. The zero-order valence-electron chi connectivity index (χ0n) is 13.4. The van der Waals surface area contributed by atoms with Crippen LogP contribution in [0.1, 0.15) is 11.1 Å². The van der Waals surface area contributed by atoms with Gasteiger partial charge in [-0.2, -0.15) is 0 Å². The van der Waals surface area contributed by atoms with E-state index in [4.69, 9.17) is 11.6 Å². The van der Waals surface area contributed by atoms with Crippen LogP contribution in [-0.2, 0) is 16.4 Å². The van der Waals surface area contributed by atoms with E-state index in [1.54, 1.807) is 43.5 Å². The largest absolute Gasteiger partial charge is 0.328 e. The van der Waals surface area contributed by atoms with E-state index in [2.05, 4.69) is 4.98 Å². The summed E-state index contributed by atoms with van der Waals surface area (Å²) < 4.78 is 28.1. The molecule has 1 N–H and O–H groups in total. The van der Waals surface area contributed by atoms with E-state index in [1.165, 1.54) is 4.31 Å². The molecule has 0 unspecified atom stereocenters. The Morgan fingerprint density at radius 2 is 2.00 bits per heavy atom. The molecule has 4 rings (SSSR count). The third-order valence-corrected chi connectivity index (χ3v) is 6.64. The quantitative estimate of drug-likeness (QED) is 0.748. The number of aromatic amines is 1.